The van der Waals surface area contributed by atoms with Crippen molar-refractivity contribution in [2.45, 2.75) is 26.7 Å². The predicted molar refractivity (Wildman–Crippen MR) is 143 cm³/mol. The van der Waals surface area contributed by atoms with E-state index in [1.165, 1.54) is 0 Å². The molecule has 174 valence electrons. The van der Waals surface area contributed by atoms with Crippen molar-refractivity contribution < 1.29 is 4.79 Å². The van der Waals surface area contributed by atoms with Gasteiger partial charge in [0.15, 0.2) is 5.82 Å². The van der Waals surface area contributed by atoms with Crippen molar-refractivity contribution in [2.24, 2.45) is 0 Å². The van der Waals surface area contributed by atoms with Crippen LogP contribution in [0.5, 0.6) is 0 Å². The number of carbonyl (C=O) groups is 1. The molecule has 0 saturated heterocycles. The number of aryl methyl sites for hydroxylation is 2. The Morgan fingerprint density at radius 3 is 2.68 bits per heavy atom. The number of allylic oxidation sites excluding steroid dienone is 2. The van der Waals surface area contributed by atoms with E-state index in [0.29, 0.717) is 22.5 Å². The topological polar surface area (TPSA) is 91.0 Å². The van der Waals surface area contributed by atoms with Gasteiger partial charge in [0.25, 0.3) is 0 Å². The highest BCUT2D eigenvalue weighted by atomic mass is 35.5. The Bertz CT molecular complexity index is 1300. The SMILES string of the molecule is C=C(C)/C(NC(=O)Nc1ccc2cc1CCc1cccc(c1)Nc1ncc(Cl)c(n1)N2)=C(/C)P. The van der Waals surface area contributed by atoms with E-state index in [-0.39, 0.29) is 6.03 Å². The molecule has 4 N–H and O–H groups in total. The summed E-state index contributed by atoms with van der Waals surface area (Å²) < 4.78 is 0. The fraction of sp³-hybridized carbons (Fsp3) is 0.160. The quantitative estimate of drug-likeness (QED) is 0.247. The maximum Gasteiger partial charge on any atom is 0.323 e. The second-order valence-corrected chi connectivity index (χ2v) is 9.40. The van der Waals surface area contributed by atoms with Crippen molar-refractivity contribution in [3.05, 3.63) is 88.0 Å². The number of hydrogen-bond acceptors (Lipinski definition) is 5. The molecule has 9 heteroatoms. The number of aromatic nitrogens is 2. The van der Waals surface area contributed by atoms with Crippen molar-refractivity contribution in [1.29, 1.82) is 0 Å². The van der Waals surface area contributed by atoms with Gasteiger partial charge >= 0.3 is 6.03 Å². The second-order valence-electron chi connectivity index (χ2n) is 8.13. The van der Waals surface area contributed by atoms with Crippen LogP contribution >= 0.6 is 20.8 Å². The number of nitrogens with zero attached hydrogens (tertiary/aromatic N) is 2. The Morgan fingerprint density at radius 2 is 1.91 bits per heavy atom. The number of nitrogens with one attached hydrogen (secondary N) is 4. The Balaban J connectivity index is 1.68. The van der Waals surface area contributed by atoms with E-state index < -0.39 is 0 Å². The fourth-order valence-electron chi connectivity index (χ4n) is 3.67. The first-order valence-corrected chi connectivity index (χ1v) is 11.7. The molecule has 2 heterocycles. The molecule has 0 fully saturated rings. The molecule has 1 atom stereocenters. The highest BCUT2D eigenvalue weighted by molar-refractivity contribution is 7.22. The summed E-state index contributed by atoms with van der Waals surface area (Å²) in [4.78, 5) is 21.6. The summed E-state index contributed by atoms with van der Waals surface area (Å²) in [5.74, 6) is 0.940. The van der Waals surface area contributed by atoms with Crippen molar-refractivity contribution >= 4 is 55.7 Å². The van der Waals surface area contributed by atoms with E-state index in [9.17, 15) is 4.79 Å². The van der Waals surface area contributed by atoms with Crippen molar-refractivity contribution in [2.75, 3.05) is 16.0 Å². The third-order valence-electron chi connectivity index (χ3n) is 5.29. The number of halogens is 1. The lowest BCUT2D eigenvalue weighted by atomic mass is 10.0. The van der Waals surface area contributed by atoms with Crippen LogP contribution in [0.4, 0.5) is 33.6 Å². The van der Waals surface area contributed by atoms with E-state index in [2.05, 4.69) is 59.2 Å². The molecule has 4 rings (SSSR count). The minimum absolute atomic E-state index is 0.325. The van der Waals surface area contributed by atoms with Crippen LogP contribution in [0.3, 0.4) is 0 Å². The predicted octanol–water partition coefficient (Wildman–Crippen LogP) is 6.52. The molecule has 3 aromatic rings. The molecule has 0 spiro atoms. The number of urea groups is 1. The van der Waals surface area contributed by atoms with Gasteiger partial charge in [0.05, 0.1) is 6.20 Å². The summed E-state index contributed by atoms with van der Waals surface area (Å²) in [6, 6.07) is 13.5. The minimum Gasteiger partial charge on any atom is -0.339 e. The number of hydrogen-bond donors (Lipinski definition) is 4. The van der Waals surface area contributed by atoms with Gasteiger partial charge in [0, 0.05) is 22.8 Å². The molecular formula is C25H26ClN6OP. The molecule has 0 radical (unpaired) electrons. The average molecular weight is 493 g/mol. The summed E-state index contributed by atoms with van der Waals surface area (Å²) >= 11 is 6.34. The molecular weight excluding hydrogens is 467 g/mol. The van der Waals surface area contributed by atoms with Crippen LogP contribution in [-0.4, -0.2) is 16.0 Å². The number of amides is 2. The lowest BCUT2D eigenvalue weighted by Gasteiger charge is -2.16. The lowest BCUT2D eigenvalue weighted by molar-refractivity contribution is 0.254. The summed E-state index contributed by atoms with van der Waals surface area (Å²) in [5, 5.41) is 13.7. The molecule has 6 bridgehead atoms. The number of anilines is 5. The van der Waals surface area contributed by atoms with E-state index in [1.54, 1.807) is 6.20 Å². The highest BCUT2D eigenvalue weighted by Crippen LogP contribution is 2.29. The average Bonchev–Trinajstić information content (AvgIpc) is 2.79. The van der Waals surface area contributed by atoms with Gasteiger partial charge in [-0.3, -0.25) is 0 Å². The van der Waals surface area contributed by atoms with Crippen LogP contribution < -0.4 is 21.3 Å². The van der Waals surface area contributed by atoms with Crippen LogP contribution in [0.15, 0.2) is 71.8 Å². The molecule has 1 aliphatic rings. The summed E-state index contributed by atoms with van der Waals surface area (Å²) in [7, 11) is 2.60. The van der Waals surface area contributed by atoms with Gasteiger partial charge in [-0.1, -0.05) is 30.3 Å². The number of fused-ring (bicyclic) bond motifs is 6. The van der Waals surface area contributed by atoms with Gasteiger partial charge in [0.2, 0.25) is 5.95 Å². The largest absolute Gasteiger partial charge is 0.339 e. The van der Waals surface area contributed by atoms with E-state index >= 15 is 0 Å². The zero-order valence-electron chi connectivity index (χ0n) is 19.0. The molecule has 34 heavy (non-hydrogen) atoms. The van der Waals surface area contributed by atoms with Crippen LogP contribution in [0, 0.1) is 0 Å². The Kier molecular flexibility index (Phi) is 7.15. The fourth-order valence-corrected chi connectivity index (χ4v) is 4.13. The molecule has 7 nitrogen and oxygen atoms in total. The van der Waals surface area contributed by atoms with Crippen molar-refractivity contribution in [1.82, 2.24) is 15.3 Å². The normalized spacial score (nSPS) is 13.1. The van der Waals surface area contributed by atoms with Crippen LogP contribution in [0.25, 0.3) is 0 Å². The van der Waals surface area contributed by atoms with Gasteiger partial charge < -0.3 is 21.3 Å². The summed E-state index contributed by atoms with van der Waals surface area (Å²) in [5.41, 5.74) is 6.03. The van der Waals surface area contributed by atoms with Crippen LogP contribution in [0.2, 0.25) is 5.02 Å². The zero-order valence-corrected chi connectivity index (χ0v) is 20.9. The first kappa shape index (κ1) is 23.7. The van der Waals surface area contributed by atoms with E-state index in [4.69, 9.17) is 11.6 Å². The third kappa shape index (κ3) is 5.74. The molecule has 1 aromatic heterocycles. The molecule has 2 amide bonds. The first-order valence-electron chi connectivity index (χ1n) is 10.8. The molecule has 1 aliphatic heterocycles. The number of rotatable bonds is 3. The summed E-state index contributed by atoms with van der Waals surface area (Å²) in [6.07, 6.45) is 3.07. The maximum atomic E-state index is 12.8. The highest BCUT2D eigenvalue weighted by Gasteiger charge is 2.14. The Labute approximate surface area is 206 Å². The Hall–Kier alpha value is -3.41. The number of benzene rings is 2. The van der Waals surface area contributed by atoms with Crippen molar-refractivity contribution in [3.8, 4) is 0 Å². The van der Waals surface area contributed by atoms with Gasteiger partial charge in [0.1, 0.15) is 5.02 Å². The monoisotopic (exact) mass is 492 g/mol. The van der Waals surface area contributed by atoms with Crippen LogP contribution in [-0.2, 0) is 12.8 Å². The standard InChI is InChI=1S/C25H26ClN6OP/c1-14(2)22(15(3)34)31-25(33)30-21-10-9-19-12-17(21)8-7-16-5-4-6-18(11-16)29-24-27-13-20(26)23(28-19)32-24/h4-6,9-13H,1,7-8,34H2,2-3H3,(H2,30,31,33)(H2,27,28,29,32)/b22-15+. The van der Waals surface area contributed by atoms with Gasteiger partial charge in [-0.15, -0.1) is 9.24 Å². The van der Waals surface area contributed by atoms with Gasteiger partial charge in [-0.05, 0) is 79.0 Å². The van der Waals surface area contributed by atoms with Gasteiger partial charge in [-0.2, -0.15) is 4.98 Å². The van der Waals surface area contributed by atoms with Crippen LogP contribution in [0.1, 0.15) is 25.0 Å². The molecule has 2 aromatic carbocycles. The minimum atomic E-state index is -0.325. The van der Waals surface area contributed by atoms with E-state index in [0.717, 1.165) is 51.9 Å². The summed E-state index contributed by atoms with van der Waals surface area (Å²) in [6.45, 7) is 7.70. The first-order chi connectivity index (χ1) is 16.3. The second kappa shape index (κ2) is 10.2. The van der Waals surface area contributed by atoms with E-state index in [1.807, 2.05) is 44.2 Å². The molecule has 0 saturated carbocycles. The molecule has 1 unspecified atom stereocenters. The maximum absolute atomic E-state index is 12.8. The van der Waals surface area contributed by atoms with Crippen molar-refractivity contribution in [3.63, 3.8) is 0 Å². The lowest BCUT2D eigenvalue weighted by Crippen LogP contribution is -2.29. The Morgan fingerprint density at radius 1 is 1.12 bits per heavy atom. The molecule has 0 aliphatic carbocycles. The number of carbonyl (C=O) groups excluding carboxylic acids is 1. The third-order valence-corrected chi connectivity index (χ3v) is 5.85. The van der Waals surface area contributed by atoms with Gasteiger partial charge in [-0.25, -0.2) is 9.78 Å². The smallest absolute Gasteiger partial charge is 0.323 e. The zero-order chi connectivity index (χ0) is 24.2.